The van der Waals surface area contributed by atoms with Crippen LogP contribution in [0.3, 0.4) is 0 Å². The summed E-state index contributed by atoms with van der Waals surface area (Å²) in [6.07, 6.45) is 16.1. The van der Waals surface area contributed by atoms with Gasteiger partial charge >= 0.3 is 0 Å². The van der Waals surface area contributed by atoms with E-state index < -0.39 is 0 Å². The van der Waals surface area contributed by atoms with Crippen molar-refractivity contribution in [1.29, 1.82) is 0 Å². The molecule has 0 unspecified atom stereocenters. The normalized spacial score (nSPS) is 11.4. The molecule has 0 spiro atoms. The van der Waals surface area contributed by atoms with Crippen LogP contribution in [-0.2, 0) is 12.4 Å². The molecule has 2 aromatic rings. The number of rotatable bonds is 14. The lowest BCUT2D eigenvalue weighted by atomic mass is 10.1. The molecule has 0 saturated carbocycles. The third-order valence-electron chi connectivity index (χ3n) is 4.90. The Morgan fingerprint density at radius 1 is 0.840 bits per heavy atom. The van der Waals surface area contributed by atoms with Gasteiger partial charge in [-0.15, -0.1) is 11.8 Å². The Morgan fingerprint density at radius 3 is 2.28 bits per heavy atom. The minimum Gasteiger partial charge on any atom is -0.230 e. The van der Waals surface area contributed by atoms with Gasteiger partial charge in [-0.3, -0.25) is 0 Å². The Balaban J connectivity index is 1.69. The van der Waals surface area contributed by atoms with Gasteiger partial charge in [-0.2, -0.15) is 0 Å². The molecule has 25 heavy (non-hydrogen) atoms. The zero-order valence-electron chi connectivity index (χ0n) is 16.4. The van der Waals surface area contributed by atoms with Crippen LogP contribution in [0.1, 0.15) is 78.1 Å². The zero-order valence-corrected chi connectivity index (χ0v) is 17.2. The Bertz CT molecular complexity index is 591. The van der Waals surface area contributed by atoms with Crippen molar-refractivity contribution in [2.24, 2.45) is 0 Å². The largest absolute Gasteiger partial charge is 0.245 e. The van der Waals surface area contributed by atoms with Crippen LogP contribution >= 0.6 is 11.8 Å². The first-order valence-electron chi connectivity index (χ1n) is 10.4. The highest BCUT2D eigenvalue weighted by molar-refractivity contribution is 7.98. The maximum absolute atomic E-state index is 2.43. The monoisotopic (exact) mass is 361 g/mol. The van der Waals surface area contributed by atoms with Crippen LogP contribution < -0.4 is 4.57 Å². The van der Waals surface area contributed by atoms with Crippen LogP contribution in [0.5, 0.6) is 0 Å². The Kier molecular flexibility index (Phi) is 10.1. The molecule has 140 valence electrons. The minimum absolute atomic E-state index is 1.08. The van der Waals surface area contributed by atoms with Gasteiger partial charge in [0.1, 0.15) is 5.88 Å². The molecule has 0 atom stereocenters. The molecule has 1 aromatic heterocycles. The molecule has 0 radical (unpaired) electrons. The third-order valence-corrected chi connectivity index (χ3v) is 5.94. The van der Waals surface area contributed by atoms with E-state index in [2.05, 4.69) is 65.3 Å². The second kappa shape index (κ2) is 12.4. The van der Waals surface area contributed by atoms with E-state index in [0.29, 0.717) is 0 Å². The van der Waals surface area contributed by atoms with Crippen molar-refractivity contribution in [1.82, 2.24) is 4.57 Å². The summed E-state index contributed by atoms with van der Waals surface area (Å²) in [6, 6.07) is 8.83. The highest BCUT2D eigenvalue weighted by Gasteiger charge is 2.14. The SMILES string of the molecule is CCCCCCCCCCSC[n+]1cn(CCCC)c2ccccc21. The summed E-state index contributed by atoms with van der Waals surface area (Å²) in [5.41, 5.74) is 2.76. The van der Waals surface area contributed by atoms with Crippen LogP contribution in [0.25, 0.3) is 11.0 Å². The van der Waals surface area contributed by atoms with Crippen LogP contribution in [0.4, 0.5) is 0 Å². The topological polar surface area (TPSA) is 8.81 Å². The van der Waals surface area contributed by atoms with Crippen molar-refractivity contribution >= 4 is 22.8 Å². The first kappa shape index (κ1) is 20.4. The van der Waals surface area contributed by atoms with Gasteiger partial charge in [-0.1, -0.05) is 77.3 Å². The van der Waals surface area contributed by atoms with Gasteiger partial charge in [0.25, 0.3) is 0 Å². The highest BCUT2D eigenvalue weighted by atomic mass is 32.2. The average Bonchev–Trinajstić information content (AvgIpc) is 2.99. The number of hydrogen-bond acceptors (Lipinski definition) is 1. The second-order valence-electron chi connectivity index (χ2n) is 7.13. The van der Waals surface area contributed by atoms with Gasteiger partial charge in [-0.25, -0.2) is 9.13 Å². The molecule has 0 bridgehead atoms. The van der Waals surface area contributed by atoms with E-state index in [0.717, 1.165) is 12.4 Å². The van der Waals surface area contributed by atoms with E-state index in [1.165, 1.54) is 81.0 Å². The number of unbranched alkanes of at least 4 members (excludes halogenated alkanes) is 8. The molecule has 0 amide bonds. The van der Waals surface area contributed by atoms with Crippen molar-refractivity contribution in [3.63, 3.8) is 0 Å². The van der Waals surface area contributed by atoms with Crippen molar-refractivity contribution < 1.29 is 4.57 Å². The number of thioether (sulfide) groups is 1. The molecular weight excluding hydrogens is 324 g/mol. The van der Waals surface area contributed by atoms with E-state index in [1.807, 2.05) is 0 Å². The first-order valence-corrected chi connectivity index (χ1v) is 11.6. The Labute approximate surface area is 159 Å². The molecule has 0 fully saturated rings. The highest BCUT2D eigenvalue weighted by Crippen LogP contribution is 2.15. The molecule has 0 aliphatic heterocycles. The van der Waals surface area contributed by atoms with Gasteiger partial charge in [0.05, 0.1) is 6.54 Å². The number of fused-ring (bicyclic) bond motifs is 1. The number of para-hydroxylation sites is 2. The smallest absolute Gasteiger partial charge is 0.230 e. The van der Waals surface area contributed by atoms with Gasteiger partial charge in [0.2, 0.25) is 6.33 Å². The van der Waals surface area contributed by atoms with E-state index >= 15 is 0 Å². The summed E-state index contributed by atoms with van der Waals surface area (Å²) in [6.45, 7) is 5.68. The predicted octanol–water partition coefficient (Wildman–Crippen LogP) is 6.56. The Morgan fingerprint density at radius 2 is 1.52 bits per heavy atom. The van der Waals surface area contributed by atoms with E-state index in [1.54, 1.807) is 0 Å². The van der Waals surface area contributed by atoms with Gasteiger partial charge < -0.3 is 0 Å². The first-order chi connectivity index (χ1) is 12.4. The van der Waals surface area contributed by atoms with Gasteiger partial charge in [0, 0.05) is 0 Å². The van der Waals surface area contributed by atoms with E-state index in [-0.39, 0.29) is 0 Å². The Hall–Kier alpha value is -0.960. The second-order valence-corrected chi connectivity index (χ2v) is 8.21. The molecule has 0 N–H and O–H groups in total. The number of hydrogen-bond donors (Lipinski definition) is 0. The number of imidazole rings is 1. The lowest BCUT2D eigenvalue weighted by Gasteiger charge is -2.02. The molecule has 0 saturated heterocycles. The molecular formula is C22H37N2S+. The molecule has 0 aliphatic rings. The van der Waals surface area contributed by atoms with Crippen molar-refractivity contribution in [3.8, 4) is 0 Å². The summed E-state index contributed by atoms with van der Waals surface area (Å²) in [7, 11) is 0. The van der Waals surface area contributed by atoms with Crippen molar-refractivity contribution in [2.45, 2.75) is 90.5 Å². The summed E-state index contributed by atoms with van der Waals surface area (Å²) in [5.74, 6) is 2.37. The maximum Gasteiger partial charge on any atom is 0.245 e. The molecule has 1 aromatic carbocycles. The van der Waals surface area contributed by atoms with Crippen LogP contribution in [-0.4, -0.2) is 10.3 Å². The zero-order chi connectivity index (χ0) is 17.7. The van der Waals surface area contributed by atoms with Gasteiger partial charge in [-0.05, 0) is 30.7 Å². The minimum atomic E-state index is 1.08. The van der Waals surface area contributed by atoms with Crippen molar-refractivity contribution in [3.05, 3.63) is 30.6 Å². The van der Waals surface area contributed by atoms with Crippen LogP contribution in [0.2, 0.25) is 0 Å². The summed E-state index contributed by atoms with van der Waals surface area (Å²) in [4.78, 5) is 0. The summed E-state index contributed by atoms with van der Waals surface area (Å²) in [5, 5.41) is 0. The third kappa shape index (κ3) is 7.05. The van der Waals surface area contributed by atoms with Crippen molar-refractivity contribution in [2.75, 3.05) is 5.75 Å². The lowest BCUT2D eigenvalue weighted by Crippen LogP contribution is -2.30. The number of aromatic nitrogens is 2. The van der Waals surface area contributed by atoms with Crippen LogP contribution in [0.15, 0.2) is 30.6 Å². The quantitative estimate of drug-likeness (QED) is 0.273. The molecule has 2 nitrogen and oxygen atoms in total. The standard InChI is InChI=1S/C22H37N2S/c1-3-5-7-8-9-10-11-14-18-25-20-24-19-23(17-6-4-2)21-15-12-13-16-22(21)24/h12-13,15-16,19H,3-11,14,17-18,20H2,1-2H3/q+1. The van der Waals surface area contributed by atoms with E-state index in [4.69, 9.17) is 0 Å². The molecule has 1 heterocycles. The number of aryl methyl sites for hydroxylation is 1. The number of benzene rings is 1. The summed E-state index contributed by atoms with van der Waals surface area (Å²) >= 11 is 2.08. The summed E-state index contributed by atoms with van der Waals surface area (Å²) < 4.78 is 4.86. The fraction of sp³-hybridized carbons (Fsp3) is 0.682. The fourth-order valence-electron chi connectivity index (χ4n) is 3.35. The molecule has 3 heteroatoms. The van der Waals surface area contributed by atoms with Crippen LogP contribution in [0, 0.1) is 0 Å². The number of nitrogens with zero attached hydrogens (tertiary/aromatic N) is 2. The maximum atomic E-state index is 2.43. The van der Waals surface area contributed by atoms with Gasteiger partial charge in [0.15, 0.2) is 11.0 Å². The van der Waals surface area contributed by atoms with E-state index in [9.17, 15) is 0 Å². The predicted molar refractivity (Wildman–Crippen MR) is 112 cm³/mol. The fourth-order valence-corrected chi connectivity index (χ4v) is 4.29. The molecule has 2 rings (SSSR count). The lowest BCUT2D eigenvalue weighted by molar-refractivity contribution is -0.650. The average molecular weight is 362 g/mol. The molecule has 0 aliphatic carbocycles.